The van der Waals surface area contributed by atoms with Gasteiger partial charge in [0.2, 0.25) is 0 Å². The molecule has 278 valence electrons. The zero-order valence-corrected chi connectivity index (χ0v) is 27.5. The summed E-state index contributed by atoms with van der Waals surface area (Å²) in [6.07, 6.45) is 17.0. The van der Waals surface area contributed by atoms with Crippen LogP contribution in [0.3, 0.4) is 0 Å². The third-order valence-electron chi connectivity index (χ3n) is 4.90. The molecule has 0 bridgehead atoms. The van der Waals surface area contributed by atoms with Crippen molar-refractivity contribution in [1.82, 2.24) is 0 Å². The second-order valence-corrected chi connectivity index (χ2v) is 9.48. The van der Waals surface area contributed by atoms with Crippen LogP contribution >= 0.6 is 0 Å². The first-order valence-corrected chi connectivity index (χ1v) is 15.5. The number of aliphatic hydroxyl groups is 1. The Hall–Kier alpha value is -0.120. The molecule has 0 rings (SSSR count). The van der Waals surface area contributed by atoms with E-state index in [-0.39, 0.29) is 57.4 Å². The largest absolute Gasteiger partial charge is 0.396 e. The van der Waals surface area contributed by atoms with Gasteiger partial charge in [0.15, 0.2) is 0 Å². The van der Waals surface area contributed by atoms with E-state index in [9.17, 15) is 0 Å². The van der Waals surface area contributed by atoms with E-state index in [1.807, 2.05) is 27.7 Å². The lowest BCUT2D eigenvalue weighted by atomic mass is 9.92. The van der Waals surface area contributed by atoms with E-state index in [2.05, 4.69) is 62.3 Å². The molecule has 0 atom stereocenters. The van der Waals surface area contributed by atoms with E-state index in [4.69, 9.17) is 14.6 Å². The fourth-order valence-corrected chi connectivity index (χ4v) is 1.69. The molecule has 0 fully saturated rings. The second kappa shape index (κ2) is 97.1. The zero-order valence-electron chi connectivity index (χ0n) is 27.5. The topological polar surface area (TPSA) is 38.7 Å². The summed E-state index contributed by atoms with van der Waals surface area (Å²) in [5, 5.41) is 8.59. The maximum atomic E-state index is 8.59. The van der Waals surface area contributed by atoms with Gasteiger partial charge in [0.25, 0.3) is 0 Å². The van der Waals surface area contributed by atoms with Gasteiger partial charge >= 0.3 is 0 Å². The van der Waals surface area contributed by atoms with Crippen LogP contribution in [0.15, 0.2) is 0 Å². The van der Waals surface area contributed by atoms with Crippen LogP contribution in [0, 0.1) is 5.41 Å². The van der Waals surface area contributed by atoms with Gasteiger partial charge in [-0.3, -0.25) is 0 Å². The Morgan fingerprint density at radius 3 is 0.690 bits per heavy atom. The Bertz CT molecular complexity index is 200. The first-order chi connectivity index (χ1) is 16.7. The Labute approximate surface area is 278 Å². The van der Waals surface area contributed by atoms with Crippen molar-refractivity contribution < 1.29 is 14.6 Å². The van der Waals surface area contributed by atoms with Gasteiger partial charge in [0, 0.05) is 33.0 Å². The van der Waals surface area contributed by atoms with Gasteiger partial charge in [-0.25, -0.2) is 0 Å². The van der Waals surface area contributed by atoms with Crippen molar-refractivity contribution in [3.63, 3.8) is 0 Å². The van der Waals surface area contributed by atoms with Crippen molar-refractivity contribution in [2.75, 3.05) is 33.0 Å². The van der Waals surface area contributed by atoms with Crippen molar-refractivity contribution in [1.29, 1.82) is 0 Å². The van der Waals surface area contributed by atoms with Crippen LogP contribution in [-0.2, 0) is 9.47 Å². The molecule has 0 aromatic heterocycles. The number of hydrogen-bond donors (Lipinski definition) is 1. The molecule has 0 radical (unpaired) electrons. The minimum atomic E-state index is 0. The molecule has 0 heterocycles. The Morgan fingerprint density at radius 1 is 0.405 bits per heavy atom. The van der Waals surface area contributed by atoms with Crippen LogP contribution < -0.4 is 0 Å². The van der Waals surface area contributed by atoms with Crippen molar-refractivity contribution in [2.24, 2.45) is 5.41 Å². The summed E-state index contributed by atoms with van der Waals surface area (Å²) in [6.45, 7) is 31.5. The third kappa shape index (κ3) is 169. The molecule has 0 spiro atoms. The quantitative estimate of drug-likeness (QED) is 0.185. The van der Waals surface area contributed by atoms with Crippen LogP contribution in [0.25, 0.3) is 0 Å². The van der Waals surface area contributed by atoms with Crippen LogP contribution in [0.4, 0.5) is 0 Å². The molecule has 0 saturated carbocycles. The lowest BCUT2D eigenvalue weighted by molar-refractivity contribution is 0.148. The van der Waals surface area contributed by atoms with Gasteiger partial charge in [0.1, 0.15) is 0 Å². The normalized spacial score (nSPS) is 7.86. The lowest BCUT2D eigenvalue weighted by Crippen LogP contribution is -2.14. The third-order valence-corrected chi connectivity index (χ3v) is 4.90. The Morgan fingerprint density at radius 2 is 0.643 bits per heavy atom. The highest BCUT2D eigenvalue weighted by molar-refractivity contribution is 4.62. The lowest BCUT2D eigenvalue weighted by Gasteiger charge is -2.17. The average Bonchev–Trinajstić information content (AvgIpc) is 2.89. The molecule has 3 nitrogen and oxygen atoms in total. The number of aliphatic hydroxyl groups excluding tert-OH is 1. The molecule has 0 unspecified atom stereocenters. The van der Waals surface area contributed by atoms with Crippen molar-refractivity contribution in [3.05, 3.63) is 0 Å². The van der Waals surface area contributed by atoms with E-state index in [1.165, 1.54) is 64.2 Å². The van der Waals surface area contributed by atoms with Crippen LogP contribution in [0.5, 0.6) is 0 Å². The van der Waals surface area contributed by atoms with Crippen molar-refractivity contribution in [2.45, 2.75) is 225 Å². The molecule has 0 amide bonds. The summed E-state index contributed by atoms with van der Waals surface area (Å²) in [6, 6.07) is 0. The maximum Gasteiger partial charge on any atom is 0.0482 e. The van der Waals surface area contributed by atoms with Crippen molar-refractivity contribution >= 4 is 0 Å². The molecule has 3 heteroatoms. The minimum absolute atomic E-state index is 0. The van der Waals surface area contributed by atoms with Crippen LogP contribution in [-0.4, -0.2) is 38.1 Å². The SMILES string of the molecule is C.C.C.C.C.C.C.CCC(C)(C)CO.CCCC.CCCCCC.CCCCCC.CCCOCC.CCCOCC. The predicted molar refractivity (Wildman–Crippen MR) is 212 cm³/mol. The molecule has 0 aromatic rings. The van der Waals surface area contributed by atoms with Gasteiger partial charge < -0.3 is 14.6 Å². The Balaban J connectivity index is -0.0000000212. The first kappa shape index (κ1) is 83.9. The highest BCUT2D eigenvalue weighted by Gasteiger charge is 2.11. The monoisotopic (exact) mass is 621 g/mol. The minimum Gasteiger partial charge on any atom is -0.396 e. The highest BCUT2D eigenvalue weighted by atomic mass is 16.5. The number of unbranched alkanes of at least 4 members (excludes halogenated alkanes) is 7. The summed E-state index contributed by atoms with van der Waals surface area (Å²) in [7, 11) is 0. The molecular weight excluding hydrogens is 516 g/mol. The van der Waals surface area contributed by atoms with Crippen LogP contribution in [0.1, 0.15) is 225 Å². The fourth-order valence-electron chi connectivity index (χ4n) is 1.69. The molecule has 1 N–H and O–H groups in total. The van der Waals surface area contributed by atoms with Gasteiger partial charge in [-0.1, -0.05) is 192 Å². The van der Waals surface area contributed by atoms with Gasteiger partial charge in [0.05, 0.1) is 0 Å². The summed E-state index contributed by atoms with van der Waals surface area (Å²) < 4.78 is 9.97. The van der Waals surface area contributed by atoms with E-state index >= 15 is 0 Å². The van der Waals surface area contributed by atoms with Gasteiger partial charge in [-0.15, -0.1) is 0 Å². The summed E-state index contributed by atoms with van der Waals surface area (Å²) >= 11 is 0. The average molecular weight is 621 g/mol. The molecule has 0 aromatic carbocycles. The molecule has 0 aliphatic carbocycles. The molecular formula is C39H104O3. The number of hydrogen-bond acceptors (Lipinski definition) is 3. The van der Waals surface area contributed by atoms with E-state index in [0.717, 1.165) is 45.7 Å². The highest BCUT2D eigenvalue weighted by Crippen LogP contribution is 2.16. The standard InChI is InChI=1S/C6H14O.2C6H14.2C5H12O.C4H10.7CH4/c1-4-6(2,3)5-7;4*1-3-5-6-4-2;1-3-4-2;;;;;;;/h7H,4-5H2,1-3H3;2*3-6H2,1-2H3;2*3-5H2,1-2H3;3-4H2,1-2H3;7*1H4. The predicted octanol–water partition coefficient (Wildman–Crippen LogP) is 15.7. The van der Waals surface area contributed by atoms with Crippen molar-refractivity contribution in [3.8, 4) is 0 Å². The molecule has 42 heavy (non-hydrogen) atoms. The summed E-state index contributed by atoms with van der Waals surface area (Å²) in [4.78, 5) is 0. The summed E-state index contributed by atoms with van der Waals surface area (Å²) in [5.41, 5.74) is 0.139. The zero-order chi connectivity index (χ0) is 28.6. The van der Waals surface area contributed by atoms with Gasteiger partial charge in [-0.05, 0) is 38.5 Å². The Kier molecular flexibility index (Phi) is 194. The summed E-state index contributed by atoms with van der Waals surface area (Å²) in [5.74, 6) is 0. The smallest absolute Gasteiger partial charge is 0.0482 e. The molecule has 0 aliphatic heterocycles. The fraction of sp³-hybridized carbons (Fsp3) is 1.00. The van der Waals surface area contributed by atoms with E-state index < -0.39 is 0 Å². The first-order valence-electron chi connectivity index (χ1n) is 15.5. The van der Waals surface area contributed by atoms with E-state index in [1.54, 1.807) is 0 Å². The number of ether oxygens (including phenoxy) is 2. The molecule has 0 saturated heterocycles. The number of rotatable bonds is 15. The van der Waals surface area contributed by atoms with E-state index in [0.29, 0.717) is 6.61 Å². The molecule has 0 aliphatic rings. The van der Waals surface area contributed by atoms with Gasteiger partial charge in [-0.2, -0.15) is 0 Å². The van der Waals surface area contributed by atoms with Crippen LogP contribution in [0.2, 0.25) is 0 Å². The second-order valence-electron chi connectivity index (χ2n) is 9.48. The maximum absolute atomic E-state index is 8.59.